The van der Waals surface area contributed by atoms with Gasteiger partial charge in [-0.3, -0.25) is 0 Å². The average molecular weight is 343 g/mol. The number of nitrogens with two attached hydrogens (primary N) is 2. The van der Waals surface area contributed by atoms with E-state index in [9.17, 15) is 13.2 Å². The summed E-state index contributed by atoms with van der Waals surface area (Å²) in [4.78, 5) is 11.4. The van der Waals surface area contributed by atoms with Gasteiger partial charge in [0.05, 0.1) is 10.6 Å². The van der Waals surface area contributed by atoms with Crippen molar-refractivity contribution in [2.45, 2.75) is 24.3 Å². The van der Waals surface area contributed by atoms with Crippen molar-refractivity contribution in [1.82, 2.24) is 0 Å². The molecule has 0 spiro atoms. The highest BCUT2D eigenvalue weighted by Crippen LogP contribution is 2.22. The Morgan fingerprint density at radius 2 is 1.95 bits per heavy atom. The van der Waals surface area contributed by atoms with Gasteiger partial charge in [0, 0.05) is 5.54 Å². The van der Waals surface area contributed by atoms with Gasteiger partial charge in [-0.15, -0.1) is 12.4 Å². The Hall–Kier alpha value is -0.860. The van der Waals surface area contributed by atoms with Crippen molar-refractivity contribution in [3.8, 4) is 0 Å². The molecule has 0 saturated carbocycles. The first kappa shape index (κ1) is 19.1. The quantitative estimate of drug-likeness (QED) is 0.800. The summed E-state index contributed by atoms with van der Waals surface area (Å²) < 4.78 is 27.5. The molecule has 0 aliphatic carbocycles. The van der Waals surface area contributed by atoms with Crippen LogP contribution in [0.5, 0.6) is 0 Å². The van der Waals surface area contributed by atoms with E-state index in [1.165, 1.54) is 12.1 Å². The van der Waals surface area contributed by atoms with Crippen molar-refractivity contribution in [2.24, 2.45) is 10.9 Å². The third-order valence-electron chi connectivity index (χ3n) is 2.05. The molecule has 0 aliphatic heterocycles. The van der Waals surface area contributed by atoms with Crippen LogP contribution in [-0.4, -0.2) is 26.5 Å². The molecule has 0 radical (unpaired) electrons. The molecule has 20 heavy (non-hydrogen) atoms. The summed E-state index contributed by atoms with van der Waals surface area (Å²) in [5, 5.41) is 4.93. The topological polar surface area (TPSA) is 112 Å². The Morgan fingerprint density at radius 1 is 1.40 bits per heavy atom. The highest BCUT2D eigenvalue weighted by Gasteiger charge is 2.19. The summed E-state index contributed by atoms with van der Waals surface area (Å²) in [6, 6.07) is 3.69. The number of hydrogen-bond donors (Lipinski definition) is 2. The van der Waals surface area contributed by atoms with Gasteiger partial charge in [0.25, 0.3) is 0 Å². The van der Waals surface area contributed by atoms with Crippen LogP contribution in [-0.2, 0) is 14.8 Å². The highest BCUT2D eigenvalue weighted by atomic mass is 35.5. The van der Waals surface area contributed by atoms with Gasteiger partial charge in [0.1, 0.15) is 11.5 Å². The van der Waals surface area contributed by atoms with E-state index in [0.29, 0.717) is 0 Å². The Morgan fingerprint density at radius 3 is 2.40 bits per heavy atom. The van der Waals surface area contributed by atoms with Gasteiger partial charge in [0.15, 0.2) is 0 Å². The van der Waals surface area contributed by atoms with Gasteiger partial charge in [-0.25, -0.2) is 18.4 Å². The van der Waals surface area contributed by atoms with Crippen molar-refractivity contribution < 1.29 is 17.9 Å². The number of carbonyl (C=O) groups is 1. The number of primary sulfonamides is 1. The van der Waals surface area contributed by atoms with Crippen LogP contribution < -0.4 is 10.9 Å². The number of esters is 1. The third kappa shape index (κ3) is 5.64. The van der Waals surface area contributed by atoms with Gasteiger partial charge in [-0.05, 0) is 32.0 Å². The lowest BCUT2D eigenvalue weighted by Gasteiger charge is -2.18. The van der Waals surface area contributed by atoms with Crippen LogP contribution in [0.15, 0.2) is 23.1 Å². The molecule has 1 aromatic carbocycles. The molecule has 0 amide bonds. The average Bonchev–Trinajstić information content (AvgIpc) is 2.24. The van der Waals surface area contributed by atoms with Gasteiger partial charge < -0.3 is 10.5 Å². The predicted molar refractivity (Wildman–Crippen MR) is 78.6 cm³/mol. The van der Waals surface area contributed by atoms with Crippen LogP contribution in [0.4, 0.5) is 0 Å². The zero-order valence-corrected chi connectivity index (χ0v) is 13.3. The largest absolute Gasteiger partial charge is 0.460 e. The van der Waals surface area contributed by atoms with E-state index < -0.39 is 21.5 Å². The van der Waals surface area contributed by atoms with Crippen LogP contribution in [0.1, 0.15) is 24.2 Å². The first-order valence-corrected chi connectivity index (χ1v) is 7.21. The molecule has 0 fully saturated rings. The number of halogens is 2. The summed E-state index contributed by atoms with van der Waals surface area (Å²) in [5.74, 6) is -0.694. The first-order chi connectivity index (χ1) is 8.50. The van der Waals surface area contributed by atoms with E-state index in [4.69, 9.17) is 27.2 Å². The fraction of sp³-hybridized carbons (Fsp3) is 0.364. The number of rotatable bonds is 4. The maximum Gasteiger partial charge on any atom is 0.338 e. The number of carbonyl (C=O) groups excluding carboxylic acids is 1. The molecule has 0 unspecified atom stereocenters. The molecule has 0 saturated heterocycles. The Labute approximate surface area is 128 Å². The smallest absolute Gasteiger partial charge is 0.338 e. The maximum absolute atomic E-state index is 11.7. The van der Waals surface area contributed by atoms with Crippen molar-refractivity contribution >= 4 is 40.0 Å². The van der Waals surface area contributed by atoms with E-state index in [1.54, 1.807) is 13.8 Å². The minimum atomic E-state index is -4.00. The van der Waals surface area contributed by atoms with Crippen molar-refractivity contribution in [3.63, 3.8) is 0 Å². The molecule has 114 valence electrons. The molecule has 0 atom stereocenters. The Bertz CT molecular complexity index is 597. The summed E-state index contributed by atoms with van der Waals surface area (Å²) in [6.07, 6.45) is 0. The zero-order valence-electron chi connectivity index (χ0n) is 10.9. The fourth-order valence-electron chi connectivity index (χ4n) is 1.18. The molecule has 1 rings (SSSR count). The molecule has 1 aromatic rings. The normalized spacial score (nSPS) is 11.7. The van der Waals surface area contributed by atoms with Crippen LogP contribution in [0.2, 0.25) is 5.02 Å². The zero-order chi connectivity index (χ0) is 14.8. The summed E-state index contributed by atoms with van der Waals surface area (Å²) in [5.41, 5.74) is 5.03. The van der Waals surface area contributed by atoms with Crippen LogP contribution in [0.3, 0.4) is 0 Å². The SMILES string of the molecule is CC(C)(N)COC(=O)c1ccc(Cl)c(S(N)(=O)=O)c1.Cl. The molecule has 0 bridgehead atoms. The van der Waals surface area contributed by atoms with E-state index in [0.717, 1.165) is 6.07 Å². The number of sulfonamides is 1. The maximum atomic E-state index is 11.7. The second-order valence-corrected chi connectivity index (χ2v) is 6.69. The molecule has 0 aromatic heterocycles. The lowest BCUT2D eigenvalue weighted by molar-refractivity contribution is 0.0433. The number of ether oxygens (including phenoxy) is 1. The van der Waals surface area contributed by atoms with Crippen molar-refractivity contribution in [3.05, 3.63) is 28.8 Å². The lowest BCUT2D eigenvalue weighted by atomic mass is 10.1. The Balaban J connectivity index is 0.00000361. The molecule has 4 N–H and O–H groups in total. The fourth-order valence-corrected chi connectivity index (χ4v) is 2.25. The second-order valence-electron chi connectivity index (χ2n) is 4.75. The molecular weight excluding hydrogens is 327 g/mol. The predicted octanol–water partition coefficient (Wildman–Crippen LogP) is 1.30. The van der Waals surface area contributed by atoms with Gasteiger partial charge >= 0.3 is 5.97 Å². The van der Waals surface area contributed by atoms with Crippen molar-refractivity contribution in [1.29, 1.82) is 0 Å². The van der Waals surface area contributed by atoms with E-state index in [-0.39, 0.29) is 34.5 Å². The standard InChI is InChI=1S/C11H15ClN2O4S.ClH/c1-11(2,13)6-18-10(15)7-3-4-8(12)9(5-7)19(14,16)17;/h3-5H,6,13H2,1-2H3,(H2,14,16,17);1H. The Kier molecular flexibility index (Phi) is 6.44. The third-order valence-corrected chi connectivity index (χ3v) is 3.44. The summed E-state index contributed by atoms with van der Waals surface area (Å²) in [7, 11) is -4.00. The second kappa shape index (κ2) is 6.73. The van der Waals surface area contributed by atoms with E-state index >= 15 is 0 Å². The summed E-state index contributed by atoms with van der Waals surface area (Å²) in [6.45, 7) is 3.38. The van der Waals surface area contributed by atoms with Crippen LogP contribution >= 0.6 is 24.0 Å². The lowest BCUT2D eigenvalue weighted by Crippen LogP contribution is -2.38. The molecular formula is C11H16Cl2N2O4S. The van der Waals surface area contributed by atoms with E-state index in [1.807, 2.05) is 0 Å². The highest BCUT2D eigenvalue weighted by molar-refractivity contribution is 7.89. The molecule has 0 heterocycles. The van der Waals surface area contributed by atoms with Gasteiger partial charge in [-0.2, -0.15) is 0 Å². The van der Waals surface area contributed by atoms with Gasteiger partial charge in [-0.1, -0.05) is 11.6 Å². The molecule has 0 aliphatic rings. The van der Waals surface area contributed by atoms with Crippen LogP contribution in [0, 0.1) is 0 Å². The number of benzene rings is 1. The minimum absolute atomic E-state index is 0. The molecule has 9 heteroatoms. The summed E-state index contributed by atoms with van der Waals surface area (Å²) >= 11 is 5.70. The van der Waals surface area contributed by atoms with Crippen molar-refractivity contribution in [2.75, 3.05) is 6.61 Å². The molecule has 6 nitrogen and oxygen atoms in total. The number of hydrogen-bond acceptors (Lipinski definition) is 5. The first-order valence-electron chi connectivity index (χ1n) is 5.29. The van der Waals surface area contributed by atoms with Gasteiger partial charge in [0.2, 0.25) is 10.0 Å². The van der Waals surface area contributed by atoms with Crippen LogP contribution in [0.25, 0.3) is 0 Å². The minimum Gasteiger partial charge on any atom is -0.460 e. The van der Waals surface area contributed by atoms with E-state index in [2.05, 4.69) is 0 Å². The monoisotopic (exact) mass is 342 g/mol.